The lowest BCUT2D eigenvalue weighted by Gasteiger charge is -2.25. The number of carbonyl (C=O) groups excluding carboxylic acids is 1. The topological polar surface area (TPSA) is 88.8 Å². The molecule has 3 heterocycles. The molecule has 0 fully saturated rings. The van der Waals surface area contributed by atoms with Gasteiger partial charge in [0.25, 0.3) is 5.91 Å². The van der Waals surface area contributed by atoms with Crippen LogP contribution in [0.5, 0.6) is 0 Å². The molecule has 0 atom stereocenters. The van der Waals surface area contributed by atoms with Crippen molar-refractivity contribution in [2.24, 2.45) is 0 Å². The molecule has 0 saturated heterocycles. The number of hydrogen-bond acceptors (Lipinski definition) is 6. The van der Waals surface area contributed by atoms with Crippen molar-refractivity contribution >= 4 is 28.9 Å². The molecule has 0 aliphatic heterocycles. The summed E-state index contributed by atoms with van der Waals surface area (Å²) >= 11 is 0. The molecule has 3 aromatic heterocycles. The number of pyridine rings is 1. The van der Waals surface area contributed by atoms with Crippen molar-refractivity contribution in [3.05, 3.63) is 114 Å². The molecule has 0 radical (unpaired) electrons. The Labute approximate surface area is 221 Å². The van der Waals surface area contributed by atoms with Crippen molar-refractivity contribution in [1.29, 1.82) is 0 Å². The highest BCUT2D eigenvalue weighted by Gasteiger charge is 2.31. The van der Waals surface area contributed by atoms with Crippen LogP contribution in [-0.4, -0.2) is 30.4 Å². The van der Waals surface area contributed by atoms with Gasteiger partial charge in [0.1, 0.15) is 0 Å². The molecule has 2 aromatic carbocycles. The van der Waals surface area contributed by atoms with E-state index in [9.17, 15) is 18.0 Å². The zero-order chi connectivity index (χ0) is 27.6. The third kappa shape index (κ3) is 5.61. The van der Waals surface area contributed by atoms with Gasteiger partial charge in [-0.05, 0) is 67.9 Å². The molecule has 0 bridgehead atoms. The van der Waals surface area contributed by atoms with Gasteiger partial charge in [-0.2, -0.15) is 13.2 Å². The summed E-state index contributed by atoms with van der Waals surface area (Å²) < 4.78 is 42.5. The fourth-order valence-electron chi connectivity index (χ4n) is 4.02. The Morgan fingerprint density at radius 2 is 1.67 bits per heavy atom. The molecule has 1 amide bonds. The van der Waals surface area contributed by atoms with Crippen molar-refractivity contribution in [2.75, 3.05) is 10.2 Å². The Morgan fingerprint density at radius 1 is 0.923 bits per heavy atom. The van der Waals surface area contributed by atoms with E-state index >= 15 is 0 Å². The SMILES string of the molecule is Cc1cn(-c2cc(NC(=O)c3ccc(C)c(N(c4ccncc4)c4ncccn4)c3)cc(C(F)(F)F)c2)cn1. The van der Waals surface area contributed by atoms with Gasteiger partial charge in [-0.15, -0.1) is 0 Å². The second kappa shape index (κ2) is 10.4. The quantitative estimate of drug-likeness (QED) is 0.273. The molecule has 1 N–H and O–H groups in total. The summed E-state index contributed by atoms with van der Waals surface area (Å²) in [6.07, 6.45) is 4.89. The van der Waals surface area contributed by atoms with E-state index < -0.39 is 17.6 Å². The number of nitrogens with one attached hydrogen (secondary N) is 1. The van der Waals surface area contributed by atoms with E-state index in [1.165, 1.54) is 17.0 Å². The Kier molecular flexibility index (Phi) is 6.80. The number of rotatable bonds is 6. The normalized spacial score (nSPS) is 11.3. The molecule has 5 aromatic rings. The molecular weight excluding hydrogens is 507 g/mol. The second-order valence-corrected chi connectivity index (χ2v) is 8.73. The largest absolute Gasteiger partial charge is 0.416 e. The lowest BCUT2D eigenvalue weighted by Crippen LogP contribution is -2.17. The lowest BCUT2D eigenvalue weighted by molar-refractivity contribution is -0.137. The highest BCUT2D eigenvalue weighted by Crippen LogP contribution is 2.35. The molecule has 0 aliphatic rings. The minimum Gasteiger partial charge on any atom is -0.322 e. The molecule has 0 aliphatic carbocycles. The van der Waals surface area contributed by atoms with Crippen molar-refractivity contribution < 1.29 is 18.0 Å². The highest BCUT2D eigenvalue weighted by molar-refractivity contribution is 6.05. The molecule has 39 heavy (non-hydrogen) atoms. The summed E-state index contributed by atoms with van der Waals surface area (Å²) in [6.45, 7) is 3.61. The Hall–Kier alpha value is -5.06. The first-order valence-electron chi connectivity index (χ1n) is 11.8. The maximum absolute atomic E-state index is 13.7. The summed E-state index contributed by atoms with van der Waals surface area (Å²) in [5, 5.41) is 2.62. The van der Waals surface area contributed by atoms with E-state index in [2.05, 4.69) is 25.3 Å². The first-order chi connectivity index (χ1) is 18.7. The van der Waals surface area contributed by atoms with Crippen LogP contribution in [-0.2, 0) is 6.18 Å². The first kappa shape index (κ1) is 25.6. The molecule has 0 saturated carbocycles. The van der Waals surface area contributed by atoms with Gasteiger partial charge in [-0.3, -0.25) is 14.7 Å². The number of aryl methyl sites for hydroxylation is 2. The van der Waals surface area contributed by atoms with Gasteiger partial charge in [0, 0.05) is 47.9 Å². The van der Waals surface area contributed by atoms with Crippen molar-refractivity contribution in [1.82, 2.24) is 24.5 Å². The molecule has 0 spiro atoms. The van der Waals surface area contributed by atoms with E-state index in [1.54, 1.807) is 79.2 Å². The Balaban J connectivity index is 1.52. The monoisotopic (exact) mass is 529 g/mol. The fraction of sp³-hybridized carbons (Fsp3) is 0.107. The standard InChI is InChI=1S/C28H22F3N7O/c1-18-4-5-20(12-25(18)38(23-6-10-32-11-7-23)27-33-8-3-9-34-27)26(39)36-22-13-21(28(29,30)31)14-24(15-22)37-16-19(2)35-17-37/h3-17H,1-2H3,(H,36,39). The van der Waals surface area contributed by atoms with E-state index in [0.29, 0.717) is 17.3 Å². The number of aromatic nitrogens is 5. The zero-order valence-corrected chi connectivity index (χ0v) is 20.9. The highest BCUT2D eigenvalue weighted by atomic mass is 19.4. The summed E-state index contributed by atoms with van der Waals surface area (Å²) in [6, 6.07) is 13.6. The number of imidazole rings is 1. The Bertz CT molecular complexity index is 1580. The summed E-state index contributed by atoms with van der Waals surface area (Å²) in [5.41, 5.74) is 2.37. The van der Waals surface area contributed by atoms with Gasteiger partial charge in [0.05, 0.1) is 29.0 Å². The summed E-state index contributed by atoms with van der Waals surface area (Å²) in [5.74, 6) is -0.200. The number of hydrogen-bond donors (Lipinski definition) is 1. The van der Waals surface area contributed by atoms with Crippen LogP contribution in [0.2, 0.25) is 0 Å². The van der Waals surface area contributed by atoms with Crippen molar-refractivity contribution in [3.63, 3.8) is 0 Å². The molecule has 196 valence electrons. The van der Waals surface area contributed by atoms with E-state index in [-0.39, 0.29) is 16.9 Å². The number of halogens is 3. The molecule has 11 heteroatoms. The lowest BCUT2D eigenvalue weighted by atomic mass is 10.1. The number of benzene rings is 2. The maximum atomic E-state index is 13.7. The van der Waals surface area contributed by atoms with Crippen molar-refractivity contribution in [3.8, 4) is 5.69 Å². The van der Waals surface area contributed by atoms with Crippen LogP contribution in [0, 0.1) is 13.8 Å². The van der Waals surface area contributed by atoms with Gasteiger partial charge < -0.3 is 9.88 Å². The third-order valence-electron chi connectivity index (χ3n) is 5.90. The van der Waals surface area contributed by atoms with Crippen LogP contribution in [0.4, 0.5) is 36.2 Å². The predicted molar refractivity (Wildman–Crippen MR) is 141 cm³/mol. The van der Waals surface area contributed by atoms with Gasteiger partial charge in [-0.25, -0.2) is 15.0 Å². The van der Waals surface area contributed by atoms with Crippen LogP contribution < -0.4 is 10.2 Å². The minimum atomic E-state index is -4.61. The molecule has 8 nitrogen and oxygen atoms in total. The summed E-state index contributed by atoms with van der Waals surface area (Å²) in [7, 11) is 0. The van der Waals surface area contributed by atoms with Gasteiger partial charge in [0.15, 0.2) is 0 Å². The Morgan fingerprint density at radius 3 is 2.33 bits per heavy atom. The van der Waals surface area contributed by atoms with E-state index in [4.69, 9.17) is 0 Å². The first-order valence-corrected chi connectivity index (χ1v) is 11.8. The number of amides is 1. The van der Waals surface area contributed by atoms with Crippen molar-refractivity contribution in [2.45, 2.75) is 20.0 Å². The number of alkyl halides is 3. The van der Waals surface area contributed by atoms with Crippen LogP contribution in [0.15, 0.2) is 91.9 Å². The predicted octanol–water partition coefficient (Wildman–Crippen LogP) is 6.42. The number of carbonyl (C=O) groups is 1. The van der Waals surface area contributed by atoms with E-state index in [1.807, 2.05) is 6.92 Å². The van der Waals surface area contributed by atoms with Crippen LogP contribution >= 0.6 is 0 Å². The molecule has 0 unspecified atom stereocenters. The zero-order valence-electron chi connectivity index (χ0n) is 20.9. The smallest absolute Gasteiger partial charge is 0.322 e. The van der Waals surface area contributed by atoms with Crippen LogP contribution in [0.3, 0.4) is 0 Å². The third-order valence-corrected chi connectivity index (χ3v) is 5.90. The minimum absolute atomic E-state index is 0.00399. The number of nitrogens with zero attached hydrogens (tertiary/aromatic N) is 6. The molecular formula is C28H22F3N7O. The van der Waals surface area contributed by atoms with Crippen LogP contribution in [0.25, 0.3) is 5.69 Å². The average Bonchev–Trinajstić information content (AvgIpc) is 3.37. The average molecular weight is 530 g/mol. The van der Waals surface area contributed by atoms with Gasteiger partial charge in [-0.1, -0.05) is 6.07 Å². The van der Waals surface area contributed by atoms with Crippen LogP contribution in [0.1, 0.15) is 27.2 Å². The number of anilines is 4. The van der Waals surface area contributed by atoms with Gasteiger partial charge in [0.2, 0.25) is 5.95 Å². The summed E-state index contributed by atoms with van der Waals surface area (Å²) in [4.78, 5) is 32.0. The molecule has 5 rings (SSSR count). The fourth-order valence-corrected chi connectivity index (χ4v) is 4.02. The second-order valence-electron chi connectivity index (χ2n) is 8.73. The van der Waals surface area contributed by atoms with Gasteiger partial charge >= 0.3 is 6.18 Å². The van der Waals surface area contributed by atoms with E-state index in [0.717, 1.165) is 23.4 Å². The maximum Gasteiger partial charge on any atom is 0.416 e.